The normalized spacial score (nSPS) is 17.6. The number of thiophene rings is 1. The molecule has 0 saturated carbocycles. The maximum Gasteiger partial charge on any atom is 0.252 e. The molecule has 9 heteroatoms. The van der Waals surface area contributed by atoms with Crippen LogP contribution in [0.3, 0.4) is 0 Å². The molecular weight excluding hydrogens is 450 g/mol. The van der Waals surface area contributed by atoms with Gasteiger partial charge in [0.05, 0.1) is 3.79 Å². The molecular formula is C18H22BrN3O3S2. The van der Waals surface area contributed by atoms with Crippen molar-refractivity contribution in [2.24, 2.45) is 11.8 Å². The Morgan fingerprint density at radius 3 is 2.70 bits per heavy atom. The van der Waals surface area contributed by atoms with Gasteiger partial charge in [0.25, 0.3) is 10.0 Å². The zero-order valence-corrected chi connectivity index (χ0v) is 18.2. The first-order valence-corrected chi connectivity index (χ1v) is 11.8. The van der Waals surface area contributed by atoms with E-state index in [1.54, 1.807) is 24.5 Å². The van der Waals surface area contributed by atoms with E-state index < -0.39 is 10.0 Å². The third-order valence-electron chi connectivity index (χ3n) is 4.95. The van der Waals surface area contributed by atoms with E-state index in [1.807, 2.05) is 19.1 Å². The summed E-state index contributed by atoms with van der Waals surface area (Å²) >= 11 is 4.53. The highest BCUT2D eigenvalue weighted by molar-refractivity contribution is 9.11. The predicted molar refractivity (Wildman–Crippen MR) is 109 cm³/mol. The minimum Gasteiger partial charge on any atom is -0.352 e. The fraction of sp³-hybridized carbons (Fsp3) is 0.444. The van der Waals surface area contributed by atoms with Gasteiger partial charge in [-0.05, 0) is 58.5 Å². The number of carbonyl (C=O) groups is 1. The number of sulfonamides is 1. The number of halogens is 1. The fourth-order valence-electron chi connectivity index (χ4n) is 3.25. The van der Waals surface area contributed by atoms with Gasteiger partial charge in [0, 0.05) is 37.9 Å². The van der Waals surface area contributed by atoms with Crippen molar-refractivity contribution in [2.75, 3.05) is 13.1 Å². The molecule has 1 N–H and O–H groups in total. The van der Waals surface area contributed by atoms with E-state index in [1.165, 1.54) is 15.6 Å². The molecule has 0 spiro atoms. The van der Waals surface area contributed by atoms with Crippen LogP contribution in [0.2, 0.25) is 0 Å². The molecule has 1 saturated heterocycles. The van der Waals surface area contributed by atoms with Crippen molar-refractivity contribution in [3.05, 3.63) is 46.0 Å². The van der Waals surface area contributed by atoms with Gasteiger partial charge in [0.15, 0.2) is 0 Å². The van der Waals surface area contributed by atoms with Crippen LogP contribution >= 0.6 is 27.3 Å². The monoisotopic (exact) mass is 471 g/mol. The summed E-state index contributed by atoms with van der Waals surface area (Å²) in [5.74, 6) is 0.0326. The molecule has 1 amide bonds. The van der Waals surface area contributed by atoms with Gasteiger partial charge in [-0.15, -0.1) is 11.3 Å². The molecule has 0 radical (unpaired) electrons. The van der Waals surface area contributed by atoms with Crippen molar-refractivity contribution >= 4 is 43.2 Å². The van der Waals surface area contributed by atoms with Crippen LogP contribution in [0, 0.1) is 11.8 Å². The molecule has 2 aromatic rings. The van der Waals surface area contributed by atoms with Crippen molar-refractivity contribution in [3.8, 4) is 0 Å². The number of aromatic nitrogens is 1. The number of amides is 1. The van der Waals surface area contributed by atoms with E-state index in [2.05, 4.69) is 26.2 Å². The lowest BCUT2D eigenvalue weighted by molar-refractivity contribution is -0.126. The van der Waals surface area contributed by atoms with Gasteiger partial charge in [-0.25, -0.2) is 8.42 Å². The highest BCUT2D eigenvalue weighted by Crippen LogP contribution is 2.32. The highest BCUT2D eigenvalue weighted by Gasteiger charge is 2.34. The van der Waals surface area contributed by atoms with Gasteiger partial charge in [-0.2, -0.15) is 4.31 Å². The van der Waals surface area contributed by atoms with Crippen LogP contribution < -0.4 is 5.32 Å². The topological polar surface area (TPSA) is 79.4 Å². The average molecular weight is 472 g/mol. The van der Waals surface area contributed by atoms with Crippen LogP contribution in [0.15, 0.2) is 44.7 Å². The SMILES string of the molecule is C[C@@H](C(=O)NCc1cccnc1)C1CCN(S(=O)(=O)c2ccc(Br)s2)CC1. The Labute approximate surface area is 172 Å². The molecule has 0 unspecified atom stereocenters. The Morgan fingerprint density at radius 2 is 2.11 bits per heavy atom. The van der Waals surface area contributed by atoms with Gasteiger partial charge in [-0.1, -0.05) is 13.0 Å². The largest absolute Gasteiger partial charge is 0.352 e. The second kappa shape index (κ2) is 8.81. The molecule has 1 aliphatic heterocycles. The van der Waals surface area contributed by atoms with Crippen LogP contribution in [0.5, 0.6) is 0 Å². The summed E-state index contributed by atoms with van der Waals surface area (Å²) in [6.07, 6.45) is 4.81. The fourth-order valence-corrected chi connectivity index (χ4v) is 6.88. The molecule has 27 heavy (non-hydrogen) atoms. The molecule has 0 bridgehead atoms. The maximum atomic E-state index is 12.7. The van der Waals surface area contributed by atoms with Crippen molar-refractivity contribution < 1.29 is 13.2 Å². The van der Waals surface area contributed by atoms with Crippen LogP contribution in [0.4, 0.5) is 0 Å². The first-order chi connectivity index (χ1) is 12.9. The van der Waals surface area contributed by atoms with E-state index in [0.29, 0.717) is 36.7 Å². The zero-order chi connectivity index (χ0) is 19.4. The number of nitrogens with zero attached hydrogens (tertiary/aromatic N) is 2. The van der Waals surface area contributed by atoms with E-state index >= 15 is 0 Å². The van der Waals surface area contributed by atoms with E-state index in [9.17, 15) is 13.2 Å². The number of carbonyl (C=O) groups excluding carboxylic acids is 1. The third-order valence-corrected chi connectivity index (χ3v) is 8.94. The number of nitrogens with one attached hydrogen (secondary N) is 1. The van der Waals surface area contributed by atoms with Gasteiger partial charge in [0.1, 0.15) is 4.21 Å². The van der Waals surface area contributed by atoms with Crippen molar-refractivity contribution in [1.29, 1.82) is 0 Å². The number of piperidine rings is 1. The summed E-state index contributed by atoms with van der Waals surface area (Å²) in [7, 11) is -3.44. The minimum absolute atomic E-state index is 0.00217. The van der Waals surface area contributed by atoms with E-state index in [0.717, 1.165) is 9.35 Å². The standard InChI is InChI=1S/C18H22BrN3O3S2/c1-13(18(23)21-12-14-3-2-8-20-11-14)15-6-9-22(10-7-15)27(24,25)17-5-4-16(19)26-17/h2-5,8,11,13,15H,6-7,9-10,12H2,1H3,(H,21,23)/t13-/m1/s1. The average Bonchev–Trinajstić information content (AvgIpc) is 3.13. The maximum absolute atomic E-state index is 12.7. The summed E-state index contributed by atoms with van der Waals surface area (Å²) < 4.78 is 28.1. The Balaban J connectivity index is 1.53. The molecule has 2 aromatic heterocycles. The number of rotatable bonds is 6. The van der Waals surface area contributed by atoms with Gasteiger partial charge >= 0.3 is 0 Å². The predicted octanol–water partition coefficient (Wildman–Crippen LogP) is 3.26. The van der Waals surface area contributed by atoms with Gasteiger partial charge in [-0.3, -0.25) is 9.78 Å². The van der Waals surface area contributed by atoms with E-state index in [-0.39, 0.29) is 17.7 Å². The molecule has 0 aromatic carbocycles. The quantitative estimate of drug-likeness (QED) is 0.700. The second-order valence-corrected chi connectivity index (χ2v) is 11.3. The molecule has 1 fully saturated rings. The Kier molecular flexibility index (Phi) is 6.67. The highest BCUT2D eigenvalue weighted by atomic mass is 79.9. The number of pyridine rings is 1. The number of hydrogen-bond acceptors (Lipinski definition) is 5. The summed E-state index contributed by atoms with van der Waals surface area (Å²) in [5, 5.41) is 2.95. The summed E-state index contributed by atoms with van der Waals surface area (Å²) in [5.41, 5.74) is 0.959. The Morgan fingerprint density at radius 1 is 1.37 bits per heavy atom. The molecule has 1 aliphatic rings. The van der Waals surface area contributed by atoms with Gasteiger partial charge in [0.2, 0.25) is 5.91 Å². The smallest absolute Gasteiger partial charge is 0.252 e. The molecule has 6 nitrogen and oxygen atoms in total. The first-order valence-electron chi connectivity index (χ1n) is 8.80. The van der Waals surface area contributed by atoms with Crippen LogP contribution in [0.25, 0.3) is 0 Å². The third kappa shape index (κ3) is 4.96. The van der Waals surface area contributed by atoms with Crippen molar-refractivity contribution in [1.82, 2.24) is 14.6 Å². The van der Waals surface area contributed by atoms with Crippen LogP contribution in [-0.4, -0.2) is 36.7 Å². The summed E-state index contributed by atoms with van der Waals surface area (Å²) in [6.45, 7) is 3.27. The summed E-state index contributed by atoms with van der Waals surface area (Å²) in [6, 6.07) is 7.14. The summed E-state index contributed by atoms with van der Waals surface area (Å²) in [4.78, 5) is 16.5. The zero-order valence-electron chi connectivity index (χ0n) is 15.0. The molecule has 0 aliphatic carbocycles. The van der Waals surface area contributed by atoms with E-state index in [4.69, 9.17) is 0 Å². The van der Waals surface area contributed by atoms with Crippen LogP contribution in [0.1, 0.15) is 25.3 Å². The lowest BCUT2D eigenvalue weighted by Gasteiger charge is -2.33. The molecule has 146 valence electrons. The second-order valence-electron chi connectivity index (χ2n) is 6.67. The first kappa shape index (κ1) is 20.4. The lowest BCUT2D eigenvalue weighted by atomic mass is 9.85. The van der Waals surface area contributed by atoms with Crippen molar-refractivity contribution in [3.63, 3.8) is 0 Å². The van der Waals surface area contributed by atoms with Crippen LogP contribution in [-0.2, 0) is 21.4 Å². The van der Waals surface area contributed by atoms with Crippen molar-refractivity contribution in [2.45, 2.75) is 30.5 Å². The van der Waals surface area contributed by atoms with Gasteiger partial charge < -0.3 is 5.32 Å². The Bertz CT molecular complexity index is 878. The molecule has 1 atom stereocenters. The molecule has 3 rings (SSSR count). The Hall–Kier alpha value is -1.29. The minimum atomic E-state index is -3.44. The number of hydrogen-bond donors (Lipinski definition) is 1. The molecule has 3 heterocycles. The lowest BCUT2D eigenvalue weighted by Crippen LogP contribution is -2.42.